The van der Waals surface area contributed by atoms with Gasteiger partial charge in [-0.05, 0) is 59.9 Å². The lowest BCUT2D eigenvalue weighted by atomic mass is 9.90. The van der Waals surface area contributed by atoms with Gasteiger partial charge in [-0.3, -0.25) is 9.00 Å². The Bertz CT molecular complexity index is 884. The van der Waals surface area contributed by atoms with Gasteiger partial charge < -0.3 is 5.11 Å². The third-order valence-electron chi connectivity index (χ3n) is 4.74. The van der Waals surface area contributed by atoms with Crippen molar-refractivity contribution in [1.82, 2.24) is 0 Å². The first-order valence-corrected chi connectivity index (χ1v) is 9.56. The summed E-state index contributed by atoms with van der Waals surface area (Å²) >= 11 is 0. The van der Waals surface area contributed by atoms with Gasteiger partial charge in [0.05, 0.1) is 6.42 Å². The second-order valence-corrected chi connectivity index (χ2v) is 7.70. The van der Waals surface area contributed by atoms with E-state index in [2.05, 4.69) is 0 Å². The van der Waals surface area contributed by atoms with Gasteiger partial charge in [-0.25, -0.2) is 4.39 Å². The highest BCUT2D eigenvalue weighted by molar-refractivity contribution is 7.84. The number of aliphatic carboxylic acids is 1. The lowest BCUT2D eigenvalue weighted by Gasteiger charge is -2.15. The van der Waals surface area contributed by atoms with Crippen LogP contribution >= 0.6 is 0 Å². The van der Waals surface area contributed by atoms with Crippen LogP contribution in [-0.2, 0) is 22.0 Å². The van der Waals surface area contributed by atoms with E-state index in [1.807, 2.05) is 31.2 Å². The lowest BCUT2D eigenvalue weighted by molar-refractivity contribution is -0.135. The van der Waals surface area contributed by atoms with Crippen molar-refractivity contribution in [3.63, 3.8) is 0 Å². The molecule has 0 amide bonds. The standard InChI is InChI=1S/C20H19FO3S/c1-12-17(9-13-3-6-15(7-4-13)25(2)24)19-10-14(21)5-8-16(19)18(12)11-20(22)23/h3-8,10,17H,9,11H2,1-2H3,(H,22,23). The molecule has 130 valence electrons. The van der Waals surface area contributed by atoms with Gasteiger partial charge in [0, 0.05) is 27.9 Å². The number of rotatable bonds is 5. The average Bonchev–Trinajstić information content (AvgIpc) is 2.80. The molecule has 0 aromatic heterocycles. The van der Waals surface area contributed by atoms with Crippen molar-refractivity contribution in [2.24, 2.45) is 0 Å². The molecule has 0 spiro atoms. The Hall–Kier alpha value is -2.27. The fourth-order valence-electron chi connectivity index (χ4n) is 3.45. The first-order chi connectivity index (χ1) is 11.9. The Kier molecular flexibility index (Phi) is 4.86. The number of carbonyl (C=O) groups is 1. The van der Waals surface area contributed by atoms with E-state index in [-0.39, 0.29) is 18.2 Å². The Morgan fingerprint density at radius 2 is 1.88 bits per heavy atom. The van der Waals surface area contributed by atoms with E-state index in [9.17, 15) is 18.5 Å². The maximum absolute atomic E-state index is 13.8. The van der Waals surface area contributed by atoms with Crippen LogP contribution in [-0.4, -0.2) is 21.5 Å². The molecule has 5 heteroatoms. The van der Waals surface area contributed by atoms with Crippen LogP contribution in [0.2, 0.25) is 0 Å². The summed E-state index contributed by atoms with van der Waals surface area (Å²) in [6.45, 7) is 1.93. The third kappa shape index (κ3) is 3.56. The molecule has 3 rings (SSSR count). The third-order valence-corrected chi connectivity index (χ3v) is 5.67. The zero-order valence-electron chi connectivity index (χ0n) is 14.1. The van der Waals surface area contributed by atoms with Crippen molar-refractivity contribution >= 4 is 22.3 Å². The molecular weight excluding hydrogens is 339 g/mol. The van der Waals surface area contributed by atoms with Gasteiger partial charge >= 0.3 is 5.97 Å². The SMILES string of the molecule is CC1=C(CC(=O)O)c2ccc(F)cc2C1Cc1ccc(S(C)=O)cc1. The van der Waals surface area contributed by atoms with Gasteiger partial charge in [0.2, 0.25) is 0 Å². The predicted molar refractivity (Wildman–Crippen MR) is 96.5 cm³/mol. The predicted octanol–water partition coefficient (Wildman–Crippen LogP) is 4.15. The number of fused-ring (bicyclic) bond motifs is 1. The molecule has 0 radical (unpaired) electrons. The van der Waals surface area contributed by atoms with E-state index in [1.54, 1.807) is 12.3 Å². The molecular formula is C20H19FO3S. The highest BCUT2D eigenvalue weighted by Crippen LogP contribution is 2.45. The number of carboxylic acid groups (broad SMARTS) is 1. The summed E-state index contributed by atoms with van der Waals surface area (Å²) in [4.78, 5) is 12.0. The van der Waals surface area contributed by atoms with Gasteiger partial charge in [-0.15, -0.1) is 0 Å². The van der Waals surface area contributed by atoms with E-state index >= 15 is 0 Å². The molecule has 1 N–H and O–H groups in total. The summed E-state index contributed by atoms with van der Waals surface area (Å²) in [6.07, 6.45) is 2.23. The maximum atomic E-state index is 13.8. The minimum absolute atomic E-state index is 0.0435. The molecule has 0 heterocycles. The van der Waals surface area contributed by atoms with Gasteiger partial charge in [0.1, 0.15) is 5.82 Å². The molecule has 0 aliphatic heterocycles. The lowest BCUT2D eigenvalue weighted by Crippen LogP contribution is -2.02. The van der Waals surface area contributed by atoms with Crippen LogP contribution in [0.25, 0.3) is 5.57 Å². The minimum atomic E-state index is -1.02. The Balaban J connectivity index is 1.97. The van der Waals surface area contributed by atoms with Crippen molar-refractivity contribution in [1.29, 1.82) is 0 Å². The number of halogens is 1. The van der Waals surface area contributed by atoms with E-state index in [4.69, 9.17) is 0 Å². The van der Waals surface area contributed by atoms with E-state index in [0.717, 1.165) is 32.7 Å². The second-order valence-electron chi connectivity index (χ2n) is 6.32. The zero-order chi connectivity index (χ0) is 18.1. The molecule has 1 aliphatic carbocycles. The van der Waals surface area contributed by atoms with Crippen LogP contribution in [0.4, 0.5) is 4.39 Å². The first kappa shape index (κ1) is 17.5. The summed E-state index contributed by atoms with van der Waals surface area (Å²) in [5.74, 6) is -1.25. The molecule has 25 heavy (non-hydrogen) atoms. The highest BCUT2D eigenvalue weighted by Gasteiger charge is 2.30. The van der Waals surface area contributed by atoms with Crippen LogP contribution in [0.15, 0.2) is 52.9 Å². The Labute approximate surface area is 148 Å². The molecule has 0 bridgehead atoms. The van der Waals surface area contributed by atoms with Gasteiger partial charge in [-0.1, -0.05) is 23.8 Å². The summed E-state index contributed by atoms with van der Waals surface area (Å²) in [5.41, 5.74) is 4.48. The van der Waals surface area contributed by atoms with Crippen LogP contribution < -0.4 is 0 Å². The summed E-state index contributed by atoms with van der Waals surface area (Å²) in [7, 11) is -1.02. The maximum Gasteiger partial charge on any atom is 0.307 e. The molecule has 0 fully saturated rings. The Morgan fingerprint density at radius 1 is 1.20 bits per heavy atom. The summed E-state index contributed by atoms with van der Waals surface area (Å²) < 4.78 is 25.3. The fraction of sp³-hybridized carbons (Fsp3) is 0.250. The first-order valence-electron chi connectivity index (χ1n) is 8.00. The number of allylic oxidation sites excluding steroid dienone is 1. The van der Waals surface area contributed by atoms with Crippen LogP contribution in [0.1, 0.15) is 36.0 Å². The average molecular weight is 358 g/mol. The molecule has 2 atom stereocenters. The molecule has 1 aliphatic rings. The molecule has 0 saturated heterocycles. The van der Waals surface area contributed by atoms with Gasteiger partial charge in [-0.2, -0.15) is 0 Å². The van der Waals surface area contributed by atoms with Crippen LogP contribution in [0.5, 0.6) is 0 Å². The summed E-state index contributed by atoms with van der Waals surface area (Å²) in [5, 5.41) is 9.19. The van der Waals surface area contributed by atoms with Crippen molar-refractivity contribution < 1.29 is 18.5 Å². The number of hydrogen-bond donors (Lipinski definition) is 1. The van der Waals surface area contributed by atoms with Crippen molar-refractivity contribution in [3.8, 4) is 0 Å². The van der Waals surface area contributed by atoms with Crippen molar-refractivity contribution in [2.75, 3.05) is 6.26 Å². The highest BCUT2D eigenvalue weighted by atomic mass is 32.2. The van der Waals surface area contributed by atoms with Crippen molar-refractivity contribution in [2.45, 2.75) is 30.6 Å². The molecule has 0 saturated carbocycles. The van der Waals surface area contributed by atoms with Crippen molar-refractivity contribution in [3.05, 3.63) is 70.5 Å². The second kappa shape index (κ2) is 6.92. The van der Waals surface area contributed by atoms with Crippen LogP contribution in [0, 0.1) is 5.82 Å². The number of hydrogen-bond acceptors (Lipinski definition) is 2. The monoisotopic (exact) mass is 358 g/mol. The zero-order valence-corrected chi connectivity index (χ0v) is 14.9. The van der Waals surface area contributed by atoms with Gasteiger partial charge in [0.15, 0.2) is 0 Å². The molecule has 2 unspecified atom stereocenters. The normalized spacial score (nSPS) is 17.5. The van der Waals surface area contributed by atoms with Gasteiger partial charge in [0.25, 0.3) is 0 Å². The topological polar surface area (TPSA) is 54.4 Å². The number of carboxylic acids is 1. The quantitative estimate of drug-likeness (QED) is 0.873. The summed E-state index contributed by atoms with van der Waals surface area (Å²) in [6, 6.07) is 12.1. The molecule has 3 nitrogen and oxygen atoms in total. The van der Waals surface area contributed by atoms with E-state index < -0.39 is 16.8 Å². The van der Waals surface area contributed by atoms with Crippen LogP contribution in [0.3, 0.4) is 0 Å². The largest absolute Gasteiger partial charge is 0.481 e. The minimum Gasteiger partial charge on any atom is -0.481 e. The van der Waals surface area contributed by atoms with E-state index in [0.29, 0.717) is 6.42 Å². The Morgan fingerprint density at radius 3 is 2.48 bits per heavy atom. The fourth-order valence-corrected chi connectivity index (χ4v) is 3.97. The van der Waals surface area contributed by atoms with E-state index in [1.165, 1.54) is 12.1 Å². The molecule has 2 aromatic carbocycles. The smallest absolute Gasteiger partial charge is 0.307 e. The molecule has 2 aromatic rings. The number of benzene rings is 2.